The molecule has 1 aromatic carbocycles. The van der Waals surface area contributed by atoms with Gasteiger partial charge in [0, 0.05) is 25.2 Å². The molecule has 2 nitrogen and oxygen atoms in total. The lowest BCUT2D eigenvalue weighted by Gasteiger charge is -2.50. The maximum Gasteiger partial charge on any atom is 0.0560 e. The molecule has 3 atom stereocenters. The number of benzene rings is 1. The van der Waals surface area contributed by atoms with Crippen molar-refractivity contribution in [3.8, 4) is 0 Å². The van der Waals surface area contributed by atoms with Gasteiger partial charge in [0.2, 0.25) is 0 Å². The molecule has 1 aliphatic rings. The molecular weight excluding hydrogens is 232 g/mol. The predicted molar refractivity (Wildman–Crippen MR) is 82.3 cm³/mol. The van der Waals surface area contributed by atoms with Crippen LogP contribution in [0.5, 0.6) is 0 Å². The molecule has 0 spiro atoms. The summed E-state index contributed by atoms with van der Waals surface area (Å²) in [5.74, 6) is 0. The Hall–Kier alpha value is -0.860. The van der Waals surface area contributed by atoms with Crippen LogP contribution in [0.15, 0.2) is 30.3 Å². The van der Waals surface area contributed by atoms with Gasteiger partial charge in [-0.1, -0.05) is 43.7 Å². The molecule has 106 valence electrons. The summed E-state index contributed by atoms with van der Waals surface area (Å²) in [5, 5.41) is 3.66. The van der Waals surface area contributed by atoms with E-state index >= 15 is 0 Å². The topological polar surface area (TPSA) is 15.3 Å². The quantitative estimate of drug-likeness (QED) is 0.893. The molecule has 2 heteroatoms. The van der Waals surface area contributed by atoms with Gasteiger partial charge < -0.3 is 5.32 Å². The SMILES string of the molecule is CCCC(C)N1CC(C)NCC1(C)c1ccccc1. The summed E-state index contributed by atoms with van der Waals surface area (Å²) in [6.07, 6.45) is 2.53. The maximum atomic E-state index is 3.66. The van der Waals surface area contributed by atoms with Crippen LogP contribution in [0.3, 0.4) is 0 Å². The standard InChI is InChI=1S/C17H28N2/c1-5-9-15(3)19-12-14(2)18-13-17(19,4)16-10-7-6-8-11-16/h6-8,10-11,14-15,18H,5,9,12-13H2,1-4H3. The Morgan fingerprint density at radius 1 is 1.37 bits per heavy atom. The molecule has 0 aliphatic carbocycles. The van der Waals surface area contributed by atoms with Gasteiger partial charge >= 0.3 is 0 Å². The first kappa shape index (κ1) is 14.5. The van der Waals surface area contributed by atoms with Crippen molar-refractivity contribution in [2.75, 3.05) is 13.1 Å². The smallest absolute Gasteiger partial charge is 0.0560 e. The molecule has 0 amide bonds. The highest BCUT2D eigenvalue weighted by Crippen LogP contribution is 2.33. The van der Waals surface area contributed by atoms with Crippen molar-refractivity contribution in [3.63, 3.8) is 0 Å². The second kappa shape index (κ2) is 6.06. The molecule has 1 heterocycles. The monoisotopic (exact) mass is 260 g/mol. The summed E-state index contributed by atoms with van der Waals surface area (Å²) in [5.41, 5.74) is 1.54. The molecule has 19 heavy (non-hydrogen) atoms. The first-order valence-electron chi connectivity index (χ1n) is 7.63. The van der Waals surface area contributed by atoms with E-state index in [1.54, 1.807) is 0 Å². The second-order valence-corrected chi connectivity index (χ2v) is 6.21. The van der Waals surface area contributed by atoms with Crippen molar-refractivity contribution in [1.29, 1.82) is 0 Å². The molecule has 1 fully saturated rings. The highest BCUT2D eigenvalue weighted by molar-refractivity contribution is 5.25. The van der Waals surface area contributed by atoms with Crippen LogP contribution in [-0.2, 0) is 5.54 Å². The normalized spacial score (nSPS) is 30.2. The van der Waals surface area contributed by atoms with E-state index in [0.29, 0.717) is 12.1 Å². The molecule has 0 radical (unpaired) electrons. The van der Waals surface area contributed by atoms with Crippen molar-refractivity contribution < 1.29 is 0 Å². The molecule has 1 aliphatic heterocycles. The third-order valence-corrected chi connectivity index (χ3v) is 4.53. The van der Waals surface area contributed by atoms with Gasteiger partial charge in [-0.15, -0.1) is 0 Å². The minimum absolute atomic E-state index is 0.113. The van der Waals surface area contributed by atoms with Crippen molar-refractivity contribution in [2.24, 2.45) is 0 Å². The molecule has 0 aromatic heterocycles. The summed E-state index contributed by atoms with van der Waals surface area (Å²) in [7, 11) is 0. The van der Waals surface area contributed by atoms with Gasteiger partial charge in [-0.2, -0.15) is 0 Å². The van der Waals surface area contributed by atoms with E-state index in [-0.39, 0.29) is 5.54 Å². The lowest BCUT2D eigenvalue weighted by atomic mass is 9.85. The summed E-state index contributed by atoms with van der Waals surface area (Å²) in [6.45, 7) is 11.5. The van der Waals surface area contributed by atoms with Crippen LogP contribution in [0.2, 0.25) is 0 Å². The number of nitrogens with zero attached hydrogens (tertiary/aromatic N) is 1. The van der Waals surface area contributed by atoms with Gasteiger partial charge in [0.05, 0.1) is 5.54 Å². The molecule has 1 aromatic rings. The van der Waals surface area contributed by atoms with E-state index in [1.165, 1.54) is 18.4 Å². The van der Waals surface area contributed by atoms with E-state index < -0.39 is 0 Å². The molecule has 0 bridgehead atoms. The van der Waals surface area contributed by atoms with Crippen LogP contribution in [0, 0.1) is 0 Å². The predicted octanol–water partition coefficient (Wildman–Crippen LogP) is 3.38. The van der Waals surface area contributed by atoms with E-state index in [9.17, 15) is 0 Å². The Balaban J connectivity index is 2.29. The third kappa shape index (κ3) is 3.01. The molecule has 2 rings (SSSR count). The van der Waals surface area contributed by atoms with E-state index in [1.807, 2.05) is 0 Å². The van der Waals surface area contributed by atoms with Gasteiger partial charge in [0.15, 0.2) is 0 Å². The fraction of sp³-hybridized carbons (Fsp3) is 0.647. The highest BCUT2D eigenvalue weighted by Gasteiger charge is 2.39. The molecule has 0 saturated carbocycles. The average Bonchev–Trinajstić information content (AvgIpc) is 2.43. The number of piperazine rings is 1. The van der Waals surface area contributed by atoms with E-state index in [0.717, 1.165) is 13.1 Å². The van der Waals surface area contributed by atoms with Crippen LogP contribution in [0.4, 0.5) is 0 Å². The highest BCUT2D eigenvalue weighted by atomic mass is 15.3. The van der Waals surface area contributed by atoms with Crippen molar-refractivity contribution in [3.05, 3.63) is 35.9 Å². The first-order chi connectivity index (χ1) is 9.08. The third-order valence-electron chi connectivity index (χ3n) is 4.53. The lowest BCUT2D eigenvalue weighted by Crippen LogP contribution is -2.63. The van der Waals surface area contributed by atoms with E-state index in [2.05, 4.69) is 68.2 Å². The van der Waals surface area contributed by atoms with Crippen LogP contribution >= 0.6 is 0 Å². The molecule has 1 saturated heterocycles. The summed E-state index contributed by atoms with van der Waals surface area (Å²) >= 11 is 0. The van der Waals surface area contributed by atoms with Gasteiger partial charge in [0.25, 0.3) is 0 Å². The average molecular weight is 260 g/mol. The van der Waals surface area contributed by atoms with E-state index in [4.69, 9.17) is 0 Å². The van der Waals surface area contributed by atoms with Crippen LogP contribution in [-0.4, -0.2) is 30.1 Å². The Morgan fingerprint density at radius 2 is 2.05 bits per heavy atom. The van der Waals surface area contributed by atoms with Gasteiger partial charge in [-0.05, 0) is 32.8 Å². The van der Waals surface area contributed by atoms with Crippen molar-refractivity contribution >= 4 is 0 Å². The Labute approximate surface area is 118 Å². The molecule has 3 unspecified atom stereocenters. The van der Waals surface area contributed by atoms with Gasteiger partial charge in [-0.25, -0.2) is 0 Å². The zero-order valence-corrected chi connectivity index (χ0v) is 12.8. The zero-order chi connectivity index (χ0) is 13.9. The Morgan fingerprint density at radius 3 is 2.68 bits per heavy atom. The number of rotatable bonds is 4. The first-order valence-corrected chi connectivity index (χ1v) is 7.63. The van der Waals surface area contributed by atoms with Crippen molar-refractivity contribution in [1.82, 2.24) is 10.2 Å². The molecule has 1 N–H and O–H groups in total. The fourth-order valence-corrected chi connectivity index (χ4v) is 3.34. The fourth-order valence-electron chi connectivity index (χ4n) is 3.34. The van der Waals surface area contributed by atoms with Crippen LogP contribution < -0.4 is 5.32 Å². The maximum absolute atomic E-state index is 3.66. The summed E-state index contributed by atoms with van der Waals surface area (Å²) in [4.78, 5) is 2.70. The molecular formula is C17H28N2. The zero-order valence-electron chi connectivity index (χ0n) is 12.8. The van der Waals surface area contributed by atoms with Gasteiger partial charge in [-0.3, -0.25) is 4.90 Å². The lowest BCUT2D eigenvalue weighted by molar-refractivity contribution is 0.0158. The summed E-state index contributed by atoms with van der Waals surface area (Å²) in [6, 6.07) is 12.2. The largest absolute Gasteiger partial charge is 0.311 e. The minimum Gasteiger partial charge on any atom is -0.311 e. The van der Waals surface area contributed by atoms with Crippen LogP contribution in [0.25, 0.3) is 0 Å². The van der Waals surface area contributed by atoms with Crippen LogP contribution in [0.1, 0.15) is 46.1 Å². The number of hydrogen-bond donors (Lipinski definition) is 1. The Bertz CT molecular complexity index is 390. The van der Waals surface area contributed by atoms with Crippen molar-refractivity contribution in [2.45, 2.75) is 58.2 Å². The minimum atomic E-state index is 0.113. The number of hydrogen-bond acceptors (Lipinski definition) is 2. The number of nitrogens with one attached hydrogen (secondary N) is 1. The van der Waals surface area contributed by atoms with Gasteiger partial charge in [0.1, 0.15) is 0 Å². The Kier molecular flexibility index (Phi) is 4.64. The second-order valence-electron chi connectivity index (χ2n) is 6.21. The summed E-state index contributed by atoms with van der Waals surface area (Å²) < 4.78 is 0.